The molecule has 0 radical (unpaired) electrons. The van der Waals surface area contributed by atoms with Crippen LogP contribution < -0.4 is 16.4 Å². The van der Waals surface area contributed by atoms with E-state index in [9.17, 15) is 14.4 Å². The summed E-state index contributed by atoms with van der Waals surface area (Å²) in [6.45, 7) is 5.51. The number of rotatable bonds is 7. The van der Waals surface area contributed by atoms with Gasteiger partial charge in [0.05, 0.1) is 6.54 Å². The van der Waals surface area contributed by atoms with Crippen LogP contribution in [0.15, 0.2) is 12.2 Å². The third-order valence-electron chi connectivity index (χ3n) is 3.60. The molecule has 3 amide bonds. The van der Waals surface area contributed by atoms with Gasteiger partial charge in [-0.3, -0.25) is 14.4 Å². The van der Waals surface area contributed by atoms with E-state index in [-0.39, 0.29) is 24.8 Å². The largest absolute Gasteiger partial charge is 0.368 e. The number of primary amides is 1. The van der Waals surface area contributed by atoms with Crippen molar-refractivity contribution in [3.63, 3.8) is 0 Å². The quantitative estimate of drug-likeness (QED) is 0.588. The molecule has 20 heavy (non-hydrogen) atoms. The zero-order valence-electron chi connectivity index (χ0n) is 12.0. The van der Waals surface area contributed by atoms with E-state index in [1.54, 1.807) is 0 Å². The van der Waals surface area contributed by atoms with E-state index in [4.69, 9.17) is 5.73 Å². The Balaban J connectivity index is 2.66. The Kier molecular flexibility index (Phi) is 5.73. The number of nitrogens with two attached hydrogens (primary N) is 1. The second-order valence-corrected chi connectivity index (χ2v) is 5.27. The summed E-state index contributed by atoms with van der Waals surface area (Å²) in [5.74, 6) is -1.13. The number of carbonyl (C=O) groups is 3. The van der Waals surface area contributed by atoms with Gasteiger partial charge in [-0.25, -0.2) is 0 Å². The Morgan fingerprint density at radius 2 is 1.85 bits per heavy atom. The van der Waals surface area contributed by atoms with Crippen LogP contribution in [0, 0.1) is 0 Å². The smallest absolute Gasteiger partial charge is 0.246 e. The highest BCUT2D eigenvalue weighted by Gasteiger charge is 2.42. The lowest BCUT2D eigenvalue weighted by atomic mass is 9.95. The van der Waals surface area contributed by atoms with Gasteiger partial charge in [0.2, 0.25) is 17.7 Å². The zero-order chi connectivity index (χ0) is 15.2. The minimum Gasteiger partial charge on any atom is -0.368 e. The molecule has 0 saturated heterocycles. The Morgan fingerprint density at radius 3 is 2.35 bits per heavy atom. The Hall–Kier alpha value is -1.85. The van der Waals surface area contributed by atoms with Gasteiger partial charge in [-0.05, 0) is 19.3 Å². The molecule has 0 aromatic rings. The topological polar surface area (TPSA) is 101 Å². The van der Waals surface area contributed by atoms with Gasteiger partial charge in [0, 0.05) is 6.42 Å². The number of hydrogen-bond donors (Lipinski definition) is 3. The maximum Gasteiger partial charge on any atom is 0.246 e. The highest BCUT2D eigenvalue weighted by molar-refractivity contribution is 5.94. The lowest BCUT2D eigenvalue weighted by Gasteiger charge is -2.29. The maximum absolute atomic E-state index is 12.2. The minimum atomic E-state index is -0.902. The van der Waals surface area contributed by atoms with E-state index >= 15 is 0 Å². The average molecular weight is 281 g/mol. The van der Waals surface area contributed by atoms with Crippen LogP contribution >= 0.6 is 0 Å². The van der Waals surface area contributed by atoms with Crippen LogP contribution in [-0.2, 0) is 14.4 Å². The van der Waals surface area contributed by atoms with Crippen molar-refractivity contribution in [2.24, 2.45) is 5.73 Å². The molecular weight excluding hydrogens is 258 g/mol. The summed E-state index contributed by atoms with van der Waals surface area (Å²) in [6.07, 6.45) is 3.87. The molecule has 4 N–H and O–H groups in total. The third-order valence-corrected chi connectivity index (χ3v) is 3.60. The van der Waals surface area contributed by atoms with Gasteiger partial charge in [-0.15, -0.1) is 0 Å². The van der Waals surface area contributed by atoms with Crippen LogP contribution in [0.2, 0.25) is 0 Å². The first kappa shape index (κ1) is 16.2. The molecule has 6 heteroatoms. The predicted molar refractivity (Wildman–Crippen MR) is 75.6 cm³/mol. The van der Waals surface area contributed by atoms with Gasteiger partial charge in [0.1, 0.15) is 5.54 Å². The predicted octanol–water partition coefficient (Wildman–Crippen LogP) is 0.373. The summed E-state index contributed by atoms with van der Waals surface area (Å²) in [6, 6.07) is 0. The number of amides is 3. The summed E-state index contributed by atoms with van der Waals surface area (Å²) < 4.78 is 0. The SMILES string of the molecule is C=C(CC)CC(=O)NC1(C(=O)NCC(N)=O)CCCC1. The Labute approximate surface area is 119 Å². The normalized spacial score (nSPS) is 16.4. The summed E-state index contributed by atoms with van der Waals surface area (Å²) in [7, 11) is 0. The number of hydrogen-bond acceptors (Lipinski definition) is 3. The van der Waals surface area contributed by atoms with E-state index in [1.807, 2.05) is 6.92 Å². The van der Waals surface area contributed by atoms with Crippen LogP contribution in [0.4, 0.5) is 0 Å². The van der Waals surface area contributed by atoms with Gasteiger partial charge < -0.3 is 16.4 Å². The summed E-state index contributed by atoms with van der Waals surface area (Å²) >= 11 is 0. The van der Waals surface area contributed by atoms with Crippen molar-refractivity contribution < 1.29 is 14.4 Å². The molecule has 0 bridgehead atoms. The van der Waals surface area contributed by atoms with E-state index in [2.05, 4.69) is 17.2 Å². The molecule has 1 aliphatic rings. The first-order valence-corrected chi connectivity index (χ1v) is 6.94. The molecule has 0 unspecified atom stereocenters. The first-order valence-electron chi connectivity index (χ1n) is 6.94. The fourth-order valence-electron chi connectivity index (χ4n) is 2.39. The van der Waals surface area contributed by atoms with Crippen LogP contribution in [0.3, 0.4) is 0 Å². The summed E-state index contributed by atoms with van der Waals surface area (Å²) in [5, 5.41) is 5.30. The van der Waals surface area contributed by atoms with Gasteiger partial charge in [-0.2, -0.15) is 0 Å². The van der Waals surface area contributed by atoms with Gasteiger partial charge in [0.25, 0.3) is 0 Å². The molecule has 0 heterocycles. The van der Waals surface area contributed by atoms with Crippen molar-refractivity contribution in [2.75, 3.05) is 6.54 Å². The van der Waals surface area contributed by atoms with Crippen molar-refractivity contribution >= 4 is 17.7 Å². The lowest BCUT2D eigenvalue weighted by molar-refractivity contribution is -0.134. The molecule has 0 aliphatic heterocycles. The van der Waals surface area contributed by atoms with E-state index in [1.165, 1.54) is 0 Å². The fraction of sp³-hybridized carbons (Fsp3) is 0.643. The van der Waals surface area contributed by atoms with Crippen LogP contribution in [0.5, 0.6) is 0 Å². The number of carbonyl (C=O) groups excluding carboxylic acids is 3. The average Bonchev–Trinajstić information content (AvgIpc) is 2.85. The standard InChI is InChI=1S/C14H23N3O3/c1-3-10(2)8-12(19)17-14(6-4-5-7-14)13(20)16-9-11(15)18/h2-9H2,1H3,(H2,15,18)(H,16,20)(H,17,19). The Morgan fingerprint density at radius 1 is 1.25 bits per heavy atom. The molecule has 0 atom stereocenters. The van der Waals surface area contributed by atoms with Crippen LogP contribution in [0.1, 0.15) is 45.4 Å². The van der Waals surface area contributed by atoms with Crippen LogP contribution in [0.25, 0.3) is 0 Å². The summed E-state index contributed by atoms with van der Waals surface area (Å²) in [4.78, 5) is 34.9. The van der Waals surface area contributed by atoms with E-state index in [0.29, 0.717) is 12.8 Å². The first-order chi connectivity index (χ1) is 9.39. The molecular formula is C14H23N3O3. The van der Waals surface area contributed by atoms with Gasteiger partial charge >= 0.3 is 0 Å². The highest BCUT2D eigenvalue weighted by atomic mass is 16.2. The van der Waals surface area contributed by atoms with Crippen LogP contribution in [-0.4, -0.2) is 29.8 Å². The molecule has 1 rings (SSSR count). The van der Waals surface area contributed by atoms with Crippen molar-refractivity contribution in [3.8, 4) is 0 Å². The second kappa shape index (κ2) is 7.07. The van der Waals surface area contributed by atoms with Crippen molar-refractivity contribution in [1.29, 1.82) is 0 Å². The molecule has 1 saturated carbocycles. The molecule has 6 nitrogen and oxygen atoms in total. The maximum atomic E-state index is 12.2. The lowest BCUT2D eigenvalue weighted by Crippen LogP contribution is -2.58. The summed E-state index contributed by atoms with van der Waals surface area (Å²) in [5.41, 5.74) is 4.94. The molecule has 112 valence electrons. The highest BCUT2D eigenvalue weighted by Crippen LogP contribution is 2.30. The molecule has 0 aromatic heterocycles. The van der Waals surface area contributed by atoms with Crippen molar-refractivity contribution in [3.05, 3.63) is 12.2 Å². The fourth-order valence-corrected chi connectivity index (χ4v) is 2.39. The molecule has 0 aromatic carbocycles. The third kappa shape index (κ3) is 4.36. The zero-order valence-corrected chi connectivity index (χ0v) is 12.0. The molecule has 1 aliphatic carbocycles. The monoisotopic (exact) mass is 281 g/mol. The Bertz CT molecular complexity index is 412. The minimum absolute atomic E-state index is 0.201. The number of nitrogens with one attached hydrogen (secondary N) is 2. The molecule has 1 fully saturated rings. The molecule has 0 spiro atoms. The van der Waals surface area contributed by atoms with Crippen molar-refractivity contribution in [2.45, 2.75) is 51.0 Å². The van der Waals surface area contributed by atoms with Crippen molar-refractivity contribution in [1.82, 2.24) is 10.6 Å². The van der Waals surface area contributed by atoms with Gasteiger partial charge in [-0.1, -0.05) is 31.9 Å². The van der Waals surface area contributed by atoms with E-state index < -0.39 is 11.4 Å². The van der Waals surface area contributed by atoms with Gasteiger partial charge in [0.15, 0.2) is 0 Å². The van der Waals surface area contributed by atoms with E-state index in [0.717, 1.165) is 24.8 Å². The second-order valence-electron chi connectivity index (χ2n) is 5.27.